The zero-order valence-corrected chi connectivity index (χ0v) is 50.4. The van der Waals surface area contributed by atoms with Crippen LogP contribution in [0.25, 0.3) is 0 Å². The summed E-state index contributed by atoms with van der Waals surface area (Å²) in [7, 11) is 0. The Morgan fingerprint density at radius 2 is 0.506 bits per heavy atom. The Balaban J connectivity index is 4.30. The van der Waals surface area contributed by atoms with E-state index >= 15 is 0 Å². The number of carbonyl (C=O) groups is 3. The van der Waals surface area contributed by atoms with E-state index in [-0.39, 0.29) is 31.1 Å². The van der Waals surface area contributed by atoms with Gasteiger partial charge in [0.05, 0.1) is 0 Å². The normalized spacial score (nSPS) is 12.8. The van der Waals surface area contributed by atoms with Gasteiger partial charge >= 0.3 is 17.9 Å². The molecule has 77 heavy (non-hydrogen) atoms. The Kier molecular flexibility index (Phi) is 61.3. The van der Waals surface area contributed by atoms with Crippen molar-refractivity contribution in [3.63, 3.8) is 0 Å². The highest BCUT2D eigenvalue weighted by molar-refractivity contribution is 5.71. The Labute approximate surface area is 476 Å². The van der Waals surface area contributed by atoms with Crippen LogP contribution in [0.2, 0.25) is 0 Å². The van der Waals surface area contributed by atoms with E-state index in [0.29, 0.717) is 19.3 Å². The van der Waals surface area contributed by atoms with E-state index in [1.54, 1.807) is 0 Å². The van der Waals surface area contributed by atoms with Crippen LogP contribution in [-0.2, 0) is 28.6 Å². The van der Waals surface area contributed by atoms with Crippen LogP contribution in [-0.4, -0.2) is 37.2 Å². The molecule has 0 aliphatic heterocycles. The molecule has 6 heteroatoms. The molecule has 0 amide bonds. The maximum Gasteiger partial charge on any atom is 0.306 e. The van der Waals surface area contributed by atoms with Gasteiger partial charge in [0, 0.05) is 19.3 Å². The second-order valence-corrected chi connectivity index (χ2v) is 21.3. The van der Waals surface area contributed by atoms with Crippen molar-refractivity contribution >= 4 is 17.9 Å². The molecule has 0 saturated heterocycles. The number of hydrogen-bond donors (Lipinski definition) is 0. The van der Waals surface area contributed by atoms with Gasteiger partial charge < -0.3 is 14.2 Å². The molecule has 0 N–H and O–H groups in total. The molecule has 0 aromatic rings. The van der Waals surface area contributed by atoms with Gasteiger partial charge in [-0.15, -0.1) is 0 Å². The number of carbonyl (C=O) groups excluding carboxylic acids is 3. The second kappa shape index (κ2) is 64.6. The molecule has 1 unspecified atom stereocenters. The highest BCUT2D eigenvalue weighted by Gasteiger charge is 2.19. The molecule has 440 valence electrons. The molecule has 0 aliphatic carbocycles. The summed E-state index contributed by atoms with van der Waals surface area (Å²) in [5, 5.41) is 0. The van der Waals surface area contributed by atoms with Gasteiger partial charge in [-0.05, 0) is 103 Å². The van der Waals surface area contributed by atoms with E-state index in [9.17, 15) is 14.4 Å². The van der Waals surface area contributed by atoms with Crippen molar-refractivity contribution in [3.8, 4) is 0 Å². The Hall–Kier alpha value is -3.93. The third kappa shape index (κ3) is 62.8. The maximum absolute atomic E-state index is 12.9. The third-order valence-electron chi connectivity index (χ3n) is 13.8. The van der Waals surface area contributed by atoms with Crippen LogP contribution in [0.15, 0.2) is 109 Å². The summed E-state index contributed by atoms with van der Waals surface area (Å²) in [6.45, 7) is 6.42. The monoisotopic (exact) mass is 1070 g/mol. The average molecular weight is 1070 g/mol. The third-order valence-corrected chi connectivity index (χ3v) is 13.8. The van der Waals surface area contributed by atoms with Gasteiger partial charge in [-0.3, -0.25) is 14.4 Å². The lowest BCUT2D eigenvalue weighted by Crippen LogP contribution is -2.30. The van der Waals surface area contributed by atoms with E-state index in [2.05, 4.69) is 130 Å². The summed E-state index contributed by atoms with van der Waals surface area (Å²) in [5.41, 5.74) is 0. The molecule has 6 nitrogen and oxygen atoms in total. The zero-order chi connectivity index (χ0) is 55.7. The largest absolute Gasteiger partial charge is 0.462 e. The minimum Gasteiger partial charge on any atom is -0.462 e. The van der Waals surface area contributed by atoms with E-state index in [0.717, 1.165) is 122 Å². The minimum absolute atomic E-state index is 0.0812. The molecule has 0 aromatic heterocycles. The van der Waals surface area contributed by atoms with Gasteiger partial charge in [0.2, 0.25) is 0 Å². The van der Waals surface area contributed by atoms with Gasteiger partial charge in [-0.25, -0.2) is 0 Å². The van der Waals surface area contributed by atoms with E-state index < -0.39 is 6.10 Å². The second-order valence-electron chi connectivity index (χ2n) is 21.3. The maximum atomic E-state index is 12.9. The lowest BCUT2D eigenvalue weighted by Gasteiger charge is -2.18. The number of rotatable bonds is 58. The Morgan fingerprint density at radius 3 is 0.792 bits per heavy atom. The van der Waals surface area contributed by atoms with Crippen LogP contribution >= 0.6 is 0 Å². The fraction of sp³-hybridized carbons (Fsp3) is 0.704. The average Bonchev–Trinajstić information content (AvgIpc) is 3.43. The van der Waals surface area contributed by atoms with E-state index in [1.807, 2.05) is 0 Å². The van der Waals surface area contributed by atoms with Crippen molar-refractivity contribution in [1.29, 1.82) is 0 Å². The summed E-state index contributed by atoms with van der Waals surface area (Å²) in [4.78, 5) is 38.3. The predicted octanol–water partition coefficient (Wildman–Crippen LogP) is 22.2. The Morgan fingerprint density at radius 1 is 0.273 bits per heavy atom. The van der Waals surface area contributed by atoms with Crippen molar-refractivity contribution in [2.75, 3.05) is 13.2 Å². The first kappa shape index (κ1) is 73.1. The summed E-state index contributed by atoms with van der Waals surface area (Å²) >= 11 is 0. The summed E-state index contributed by atoms with van der Waals surface area (Å²) < 4.78 is 16.9. The van der Waals surface area contributed by atoms with Gasteiger partial charge in [0.15, 0.2) is 6.10 Å². The minimum atomic E-state index is -0.785. The van der Waals surface area contributed by atoms with Crippen LogP contribution in [0.5, 0.6) is 0 Å². The fourth-order valence-electron chi connectivity index (χ4n) is 8.99. The molecule has 0 aromatic carbocycles. The van der Waals surface area contributed by atoms with Gasteiger partial charge in [0.1, 0.15) is 13.2 Å². The molecule has 0 aliphatic rings. The lowest BCUT2D eigenvalue weighted by molar-refractivity contribution is -0.167. The summed E-state index contributed by atoms with van der Waals surface area (Å²) in [6.07, 6.45) is 88.1. The highest BCUT2D eigenvalue weighted by atomic mass is 16.6. The van der Waals surface area contributed by atoms with Crippen LogP contribution in [0, 0.1) is 0 Å². The summed E-state index contributed by atoms with van der Waals surface area (Å²) in [5.74, 6) is -0.886. The van der Waals surface area contributed by atoms with Crippen molar-refractivity contribution < 1.29 is 28.6 Å². The molecule has 0 saturated carbocycles. The van der Waals surface area contributed by atoms with Crippen LogP contribution in [0.3, 0.4) is 0 Å². The van der Waals surface area contributed by atoms with Crippen molar-refractivity contribution in [2.45, 2.75) is 309 Å². The first-order valence-electron chi connectivity index (χ1n) is 32.4. The van der Waals surface area contributed by atoms with Crippen LogP contribution < -0.4 is 0 Å². The lowest BCUT2D eigenvalue weighted by atomic mass is 10.0. The van der Waals surface area contributed by atoms with Crippen molar-refractivity contribution in [2.24, 2.45) is 0 Å². The zero-order valence-electron chi connectivity index (χ0n) is 50.4. The smallest absolute Gasteiger partial charge is 0.306 e. The summed E-state index contributed by atoms with van der Waals surface area (Å²) in [6, 6.07) is 0. The first-order valence-corrected chi connectivity index (χ1v) is 32.4. The van der Waals surface area contributed by atoms with Gasteiger partial charge in [-0.1, -0.05) is 291 Å². The van der Waals surface area contributed by atoms with Gasteiger partial charge in [0.25, 0.3) is 0 Å². The molecule has 0 rings (SSSR count). The first-order chi connectivity index (χ1) is 38.0. The van der Waals surface area contributed by atoms with Crippen LogP contribution in [0.1, 0.15) is 303 Å². The van der Waals surface area contributed by atoms with Crippen molar-refractivity contribution in [3.05, 3.63) is 109 Å². The fourth-order valence-corrected chi connectivity index (χ4v) is 8.99. The number of unbranched alkanes of at least 4 members (excludes halogenated alkanes) is 29. The van der Waals surface area contributed by atoms with Gasteiger partial charge in [-0.2, -0.15) is 0 Å². The molecule has 1 atom stereocenters. The number of ether oxygens (including phenoxy) is 3. The molecule has 0 bridgehead atoms. The number of hydrogen-bond acceptors (Lipinski definition) is 6. The van der Waals surface area contributed by atoms with E-state index in [1.165, 1.54) is 141 Å². The molecule has 0 radical (unpaired) electrons. The molecule has 0 fully saturated rings. The SMILES string of the molecule is CC/C=C\C/C=C\C/C=C\C/C=C\C/C=C\CCCCCCCCCC(=O)OC(COC(=O)CCCCCCCCCCCCC)COC(=O)CCCCCCCCCCCCCC/C=C\C/C=C\C/C=C\C/C=C\CC. The van der Waals surface area contributed by atoms with Crippen LogP contribution in [0.4, 0.5) is 0 Å². The molecular formula is C71H120O6. The predicted molar refractivity (Wildman–Crippen MR) is 334 cm³/mol. The molecular weight excluding hydrogens is 949 g/mol. The van der Waals surface area contributed by atoms with E-state index in [4.69, 9.17) is 14.2 Å². The number of allylic oxidation sites excluding steroid dienone is 18. The quantitative estimate of drug-likeness (QED) is 0.0261. The van der Waals surface area contributed by atoms with Crippen molar-refractivity contribution in [1.82, 2.24) is 0 Å². The molecule has 0 spiro atoms. The highest BCUT2D eigenvalue weighted by Crippen LogP contribution is 2.16. The Bertz CT molecular complexity index is 1560. The standard InChI is InChI=1S/C71H120O6/c1-4-7-10-13-16-19-22-24-26-28-30-32-34-35-37-38-40-42-44-46-49-52-55-58-61-64-70(73)76-67-68(66-75-69(72)63-60-57-54-51-48-21-18-15-12-9-6-3)77-71(74)65-62-59-56-53-50-47-45-43-41-39-36-33-31-29-27-25-23-20-17-14-11-8-5-2/h7-8,10-11,16-17,19-20,24-27,30-33,39,41,68H,4-6,9,12-15,18,21-23,28-29,34-38,40,42-67H2,1-3H3/b10-7-,11-8-,19-16-,20-17-,26-24-,27-25-,32-30-,33-31-,41-39-. The number of esters is 3. The topological polar surface area (TPSA) is 78.9 Å². The molecule has 0 heterocycles.